The molecule has 1 aromatic carbocycles. The van der Waals surface area contributed by atoms with E-state index in [1.165, 1.54) is 0 Å². The lowest BCUT2D eigenvalue weighted by Gasteiger charge is -2.39. The number of methoxy groups -OCH3 is 1. The molecule has 0 bridgehead atoms. The summed E-state index contributed by atoms with van der Waals surface area (Å²) in [6.07, 6.45) is 8.70. The van der Waals surface area contributed by atoms with Crippen LogP contribution in [0.15, 0.2) is 40.5 Å². The normalized spacial score (nSPS) is 22.5. The minimum atomic E-state index is -0.303. The number of amides is 2. The van der Waals surface area contributed by atoms with Crippen molar-refractivity contribution in [2.45, 2.75) is 63.8 Å². The third kappa shape index (κ3) is 5.95. The van der Waals surface area contributed by atoms with Crippen molar-refractivity contribution in [1.29, 1.82) is 0 Å². The van der Waals surface area contributed by atoms with Crippen molar-refractivity contribution < 1.29 is 14.3 Å². The van der Waals surface area contributed by atoms with Gasteiger partial charge in [0.05, 0.1) is 12.8 Å². The number of fused-ring (bicyclic) bond motifs is 1. The number of ether oxygens (including phenoxy) is 1. The Hall–Kier alpha value is -3.40. The molecule has 1 saturated heterocycles. The molecular formula is C27H39N7O3. The average molecular weight is 510 g/mol. The lowest BCUT2D eigenvalue weighted by Crippen LogP contribution is -2.53. The van der Waals surface area contributed by atoms with E-state index >= 15 is 0 Å². The fraction of sp³-hybridized carbons (Fsp3) is 0.556. The fourth-order valence-electron chi connectivity index (χ4n) is 5.09. The summed E-state index contributed by atoms with van der Waals surface area (Å²) >= 11 is 0. The van der Waals surface area contributed by atoms with Gasteiger partial charge in [-0.2, -0.15) is 0 Å². The topological polar surface area (TPSA) is 102 Å². The number of rotatable bonds is 7. The fourth-order valence-corrected chi connectivity index (χ4v) is 5.09. The number of piperidine rings is 1. The molecule has 0 aliphatic carbocycles. The molecule has 0 spiro atoms. The number of nitrogens with zero attached hydrogens (tertiary/aromatic N) is 5. The van der Waals surface area contributed by atoms with Crippen LogP contribution in [-0.4, -0.2) is 97.3 Å². The van der Waals surface area contributed by atoms with Gasteiger partial charge in [0, 0.05) is 43.2 Å². The van der Waals surface area contributed by atoms with Gasteiger partial charge in [0.25, 0.3) is 5.91 Å². The van der Waals surface area contributed by atoms with Gasteiger partial charge in [-0.3, -0.25) is 9.59 Å². The summed E-state index contributed by atoms with van der Waals surface area (Å²) in [6, 6.07) is 5.48. The smallest absolute Gasteiger partial charge is 0.251 e. The van der Waals surface area contributed by atoms with Gasteiger partial charge < -0.3 is 30.1 Å². The average Bonchev–Trinajstić information content (AvgIpc) is 3.03. The first kappa shape index (κ1) is 26.7. The molecule has 0 aromatic heterocycles. The number of anilines is 1. The van der Waals surface area contributed by atoms with Crippen molar-refractivity contribution in [3.05, 3.63) is 36.0 Å². The van der Waals surface area contributed by atoms with E-state index in [-0.39, 0.29) is 36.1 Å². The largest absolute Gasteiger partial charge is 0.495 e. The Kier molecular flexibility index (Phi) is 8.48. The van der Waals surface area contributed by atoms with Gasteiger partial charge in [0.15, 0.2) is 6.17 Å². The van der Waals surface area contributed by atoms with Crippen LogP contribution in [-0.2, 0) is 4.79 Å². The Morgan fingerprint density at radius 1 is 1.19 bits per heavy atom. The summed E-state index contributed by atoms with van der Waals surface area (Å²) in [4.78, 5) is 40.9. The summed E-state index contributed by atoms with van der Waals surface area (Å²) in [7, 11) is 5.45. The van der Waals surface area contributed by atoms with E-state index in [4.69, 9.17) is 9.73 Å². The second kappa shape index (κ2) is 11.8. The minimum Gasteiger partial charge on any atom is -0.495 e. The highest BCUT2D eigenvalue weighted by molar-refractivity contribution is 6.03. The Balaban J connectivity index is 1.52. The number of nitrogens with one attached hydrogen (secondary N) is 2. The molecule has 2 N–H and O–H groups in total. The minimum absolute atomic E-state index is 0.0719. The monoisotopic (exact) mass is 509 g/mol. The number of hydrogen-bond donors (Lipinski definition) is 2. The predicted molar refractivity (Wildman–Crippen MR) is 146 cm³/mol. The third-order valence-corrected chi connectivity index (χ3v) is 7.53. The molecule has 2 unspecified atom stereocenters. The lowest BCUT2D eigenvalue weighted by atomic mass is 10.0. The summed E-state index contributed by atoms with van der Waals surface area (Å²) in [5.74, 6) is 0.780. The molecule has 1 fully saturated rings. The third-order valence-electron chi connectivity index (χ3n) is 7.53. The SMILES string of the molecule is CCC(CC)N1C=CC(=O)N(C)C2C=NC(Nc3ccc(C(=O)NC4CCN(C)CC4)cc3OC)=NC21. The molecule has 10 heteroatoms. The van der Waals surface area contributed by atoms with Crippen LogP contribution in [0.25, 0.3) is 0 Å². The molecule has 0 saturated carbocycles. The van der Waals surface area contributed by atoms with Gasteiger partial charge in [-0.05, 0) is 64.0 Å². The molecule has 0 radical (unpaired) electrons. The van der Waals surface area contributed by atoms with Crippen LogP contribution in [0.4, 0.5) is 5.69 Å². The van der Waals surface area contributed by atoms with Crippen LogP contribution in [0, 0.1) is 0 Å². The molecule has 3 heterocycles. The van der Waals surface area contributed by atoms with Gasteiger partial charge >= 0.3 is 0 Å². The quantitative estimate of drug-likeness (QED) is 0.586. The zero-order valence-corrected chi connectivity index (χ0v) is 22.5. The Morgan fingerprint density at radius 3 is 2.59 bits per heavy atom. The van der Waals surface area contributed by atoms with E-state index in [1.807, 2.05) is 12.3 Å². The van der Waals surface area contributed by atoms with Gasteiger partial charge in [-0.25, -0.2) is 9.98 Å². The van der Waals surface area contributed by atoms with Crippen LogP contribution in [0.5, 0.6) is 5.75 Å². The van der Waals surface area contributed by atoms with E-state index in [0.29, 0.717) is 23.0 Å². The van der Waals surface area contributed by atoms with Crippen molar-refractivity contribution in [2.75, 3.05) is 39.6 Å². The van der Waals surface area contributed by atoms with E-state index in [0.717, 1.165) is 38.8 Å². The summed E-state index contributed by atoms with van der Waals surface area (Å²) in [5.41, 5.74) is 1.21. The van der Waals surface area contributed by atoms with Gasteiger partial charge in [0.2, 0.25) is 11.9 Å². The Labute approximate surface area is 219 Å². The molecule has 37 heavy (non-hydrogen) atoms. The van der Waals surface area contributed by atoms with Gasteiger partial charge in [0.1, 0.15) is 11.8 Å². The maximum absolute atomic E-state index is 12.9. The number of hydrogen-bond acceptors (Lipinski definition) is 8. The number of benzene rings is 1. The number of aliphatic imine (C=N–C) groups is 2. The highest BCUT2D eigenvalue weighted by Crippen LogP contribution is 2.28. The molecule has 3 aliphatic rings. The van der Waals surface area contributed by atoms with E-state index in [2.05, 4.69) is 46.3 Å². The van der Waals surface area contributed by atoms with E-state index < -0.39 is 0 Å². The molecule has 200 valence electrons. The molecule has 2 amide bonds. The first-order valence-corrected chi connectivity index (χ1v) is 13.1. The summed E-state index contributed by atoms with van der Waals surface area (Å²) in [6.45, 7) is 6.25. The first-order chi connectivity index (χ1) is 17.8. The van der Waals surface area contributed by atoms with Crippen LogP contribution in [0.1, 0.15) is 49.9 Å². The number of guanidine groups is 1. The van der Waals surface area contributed by atoms with Crippen molar-refractivity contribution in [1.82, 2.24) is 20.0 Å². The van der Waals surface area contributed by atoms with Crippen LogP contribution < -0.4 is 15.4 Å². The maximum Gasteiger partial charge on any atom is 0.251 e. The van der Waals surface area contributed by atoms with Crippen molar-refractivity contribution in [2.24, 2.45) is 9.98 Å². The molecule has 3 aliphatic heterocycles. The summed E-state index contributed by atoms with van der Waals surface area (Å²) < 4.78 is 5.60. The van der Waals surface area contributed by atoms with E-state index in [9.17, 15) is 9.59 Å². The molecule has 10 nitrogen and oxygen atoms in total. The second-order valence-corrected chi connectivity index (χ2v) is 9.91. The van der Waals surface area contributed by atoms with Gasteiger partial charge in [-0.15, -0.1) is 0 Å². The van der Waals surface area contributed by atoms with Crippen LogP contribution >= 0.6 is 0 Å². The zero-order chi connectivity index (χ0) is 26.5. The van der Waals surface area contributed by atoms with Crippen molar-refractivity contribution in [3.63, 3.8) is 0 Å². The van der Waals surface area contributed by atoms with Gasteiger partial charge in [-0.1, -0.05) is 13.8 Å². The Bertz CT molecular complexity index is 1070. The Morgan fingerprint density at radius 2 is 1.92 bits per heavy atom. The summed E-state index contributed by atoms with van der Waals surface area (Å²) in [5, 5.41) is 6.41. The zero-order valence-electron chi connectivity index (χ0n) is 22.5. The standard InChI is InChI=1S/C27H39N7O3/c1-6-20(7-2)34-15-12-24(35)33(4)22-17-28-27(31-25(22)34)30-21-9-8-18(16-23(21)37-5)26(36)29-19-10-13-32(3)14-11-19/h8-9,12,15-17,19-20,22,25H,6-7,10-11,13-14H2,1-5H3,(H,29,36)(H,30,31). The van der Waals surface area contributed by atoms with Crippen LogP contribution in [0.2, 0.25) is 0 Å². The number of carbonyl (C=O) groups excluding carboxylic acids is 2. The second-order valence-electron chi connectivity index (χ2n) is 9.91. The number of likely N-dealkylation sites (N-methyl/N-ethyl adjacent to an activating group) is 1. The van der Waals surface area contributed by atoms with Crippen molar-refractivity contribution in [3.8, 4) is 5.75 Å². The predicted octanol–water partition coefficient (Wildman–Crippen LogP) is 2.54. The molecule has 2 atom stereocenters. The molecule has 1 aromatic rings. The van der Waals surface area contributed by atoms with Crippen LogP contribution in [0.3, 0.4) is 0 Å². The molecule has 4 rings (SSSR count). The number of likely N-dealkylation sites (tertiary alicyclic amines) is 1. The van der Waals surface area contributed by atoms with Crippen molar-refractivity contribution >= 4 is 29.7 Å². The van der Waals surface area contributed by atoms with E-state index in [1.54, 1.807) is 43.5 Å². The first-order valence-electron chi connectivity index (χ1n) is 13.1. The maximum atomic E-state index is 12.9. The molecular weight excluding hydrogens is 470 g/mol. The lowest BCUT2D eigenvalue weighted by molar-refractivity contribution is -0.125. The highest BCUT2D eigenvalue weighted by atomic mass is 16.5. The number of carbonyl (C=O) groups is 2. The highest BCUT2D eigenvalue weighted by Gasteiger charge is 2.37.